The summed E-state index contributed by atoms with van der Waals surface area (Å²) in [6.07, 6.45) is 4.84. The normalized spacial score (nSPS) is 28.9. The Balaban J connectivity index is 1.93. The van der Waals surface area contributed by atoms with Gasteiger partial charge in [-0.25, -0.2) is 4.79 Å². The van der Waals surface area contributed by atoms with Gasteiger partial charge in [-0.15, -0.1) is 0 Å². The number of rotatable bonds is 7. The summed E-state index contributed by atoms with van der Waals surface area (Å²) >= 11 is 0. The van der Waals surface area contributed by atoms with Gasteiger partial charge in [0, 0.05) is 0 Å². The van der Waals surface area contributed by atoms with Crippen LogP contribution < -0.4 is 11.1 Å². The van der Waals surface area contributed by atoms with E-state index in [2.05, 4.69) is 5.32 Å². The molecule has 0 aromatic rings. The van der Waals surface area contributed by atoms with Crippen LogP contribution in [0.1, 0.15) is 38.5 Å². The number of carboxylic acids is 1. The lowest BCUT2D eigenvalue weighted by molar-refractivity contribution is -0.146. The molecule has 0 spiro atoms. The number of nitrogens with two attached hydrogens (primary N) is 1. The van der Waals surface area contributed by atoms with Gasteiger partial charge in [0.15, 0.2) is 0 Å². The largest absolute Gasteiger partial charge is 0.481 e. The monoisotopic (exact) mass is 312 g/mol. The summed E-state index contributed by atoms with van der Waals surface area (Å²) < 4.78 is 4.75. The highest BCUT2D eigenvalue weighted by molar-refractivity contribution is 5.89. The fourth-order valence-corrected chi connectivity index (χ4v) is 3.88. The summed E-state index contributed by atoms with van der Waals surface area (Å²) in [6, 6.07) is -1.91. The number of methoxy groups -OCH3 is 1. The van der Waals surface area contributed by atoms with Crippen LogP contribution in [0.2, 0.25) is 0 Å². The minimum absolute atomic E-state index is 0.416. The highest BCUT2D eigenvalue weighted by atomic mass is 16.5. The van der Waals surface area contributed by atoms with Gasteiger partial charge in [-0.1, -0.05) is 6.42 Å². The molecular formula is C15H24N2O5. The van der Waals surface area contributed by atoms with E-state index in [0.717, 1.165) is 12.3 Å². The lowest BCUT2D eigenvalue weighted by atomic mass is 9.84. The van der Waals surface area contributed by atoms with Crippen molar-refractivity contribution in [1.82, 2.24) is 5.32 Å². The molecule has 7 nitrogen and oxygen atoms in total. The SMILES string of the molecule is COC(=O)[C@@H](C[C@H]1CC2CC[C@H]1C2)NC(=O)[C@@H](N)CC(=O)O. The maximum absolute atomic E-state index is 11.9. The Morgan fingerprint density at radius 2 is 2.05 bits per heavy atom. The van der Waals surface area contributed by atoms with Gasteiger partial charge in [0.25, 0.3) is 0 Å². The first-order valence-electron chi connectivity index (χ1n) is 7.76. The fourth-order valence-electron chi connectivity index (χ4n) is 3.88. The number of carboxylic acid groups (broad SMARTS) is 1. The first kappa shape index (κ1) is 16.7. The molecule has 0 aliphatic heterocycles. The van der Waals surface area contributed by atoms with Crippen LogP contribution in [0.3, 0.4) is 0 Å². The van der Waals surface area contributed by atoms with Gasteiger partial charge in [-0.3, -0.25) is 9.59 Å². The predicted molar refractivity (Wildman–Crippen MR) is 77.7 cm³/mol. The Morgan fingerprint density at radius 1 is 1.32 bits per heavy atom. The van der Waals surface area contributed by atoms with Crippen molar-refractivity contribution in [2.45, 2.75) is 50.6 Å². The van der Waals surface area contributed by atoms with E-state index in [1.165, 1.54) is 26.4 Å². The first-order chi connectivity index (χ1) is 10.4. The minimum Gasteiger partial charge on any atom is -0.481 e. The van der Waals surface area contributed by atoms with E-state index in [1.807, 2.05) is 0 Å². The maximum atomic E-state index is 11.9. The van der Waals surface area contributed by atoms with Crippen LogP contribution in [0.5, 0.6) is 0 Å². The van der Waals surface area contributed by atoms with Crippen LogP contribution in [0.25, 0.3) is 0 Å². The summed E-state index contributed by atoms with van der Waals surface area (Å²) in [4.78, 5) is 34.4. The molecule has 2 aliphatic carbocycles. The lowest BCUT2D eigenvalue weighted by Gasteiger charge is -2.26. The van der Waals surface area contributed by atoms with Gasteiger partial charge in [0.1, 0.15) is 6.04 Å². The van der Waals surface area contributed by atoms with Gasteiger partial charge < -0.3 is 20.9 Å². The summed E-state index contributed by atoms with van der Waals surface area (Å²) in [6.45, 7) is 0. The van der Waals surface area contributed by atoms with E-state index in [1.54, 1.807) is 0 Å². The molecule has 2 rings (SSSR count). The van der Waals surface area contributed by atoms with Crippen LogP contribution in [0.4, 0.5) is 0 Å². The summed E-state index contributed by atoms with van der Waals surface area (Å²) in [7, 11) is 1.28. The molecule has 1 unspecified atom stereocenters. The van der Waals surface area contributed by atoms with Crippen molar-refractivity contribution in [3.05, 3.63) is 0 Å². The Hall–Kier alpha value is -1.63. The van der Waals surface area contributed by atoms with E-state index in [9.17, 15) is 14.4 Å². The first-order valence-corrected chi connectivity index (χ1v) is 7.76. The second kappa shape index (κ2) is 7.09. The Bertz CT molecular complexity index is 453. The van der Waals surface area contributed by atoms with Crippen molar-refractivity contribution in [2.75, 3.05) is 7.11 Å². The third-order valence-corrected chi connectivity index (χ3v) is 4.96. The standard InChI is InChI=1S/C15H24N2O5/c1-22-15(21)12(17-14(20)11(16)7-13(18)19)6-10-5-8-2-3-9(10)4-8/h8-12H,2-7,16H2,1H3,(H,17,20)(H,18,19)/t8?,9-,10+,11-,12+/m0/s1. The van der Waals surface area contributed by atoms with Crippen LogP contribution in [0, 0.1) is 17.8 Å². The zero-order valence-electron chi connectivity index (χ0n) is 12.8. The molecule has 1 amide bonds. The van der Waals surface area contributed by atoms with Gasteiger partial charge in [0.2, 0.25) is 5.91 Å². The number of hydrogen-bond donors (Lipinski definition) is 3. The van der Waals surface area contributed by atoms with Gasteiger partial charge in [-0.2, -0.15) is 0 Å². The molecule has 2 aliphatic rings. The van der Waals surface area contributed by atoms with Gasteiger partial charge in [0.05, 0.1) is 19.6 Å². The highest BCUT2D eigenvalue weighted by Crippen LogP contribution is 2.49. The molecule has 0 aromatic carbocycles. The number of hydrogen-bond acceptors (Lipinski definition) is 5. The molecule has 4 N–H and O–H groups in total. The summed E-state index contributed by atoms with van der Waals surface area (Å²) in [5.74, 6) is -0.483. The van der Waals surface area contributed by atoms with Crippen molar-refractivity contribution in [3.8, 4) is 0 Å². The predicted octanol–water partition coefficient (Wildman–Crippen LogP) is 0.273. The molecule has 0 radical (unpaired) electrons. The smallest absolute Gasteiger partial charge is 0.328 e. The highest BCUT2D eigenvalue weighted by Gasteiger charge is 2.41. The number of esters is 1. The Kier molecular flexibility index (Phi) is 5.39. The number of aliphatic carboxylic acids is 1. The number of fused-ring (bicyclic) bond motifs is 2. The Morgan fingerprint density at radius 3 is 2.55 bits per heavy atom. The van der Waals surface area contributed by atoms with E-state index in [0.29, 0.717) is 18.3 Å². The topological polar surface area (TPSA) is 119 Å². The van der Waals surface area contributed by atoms with Crippen molar-refractivity contribution in [1.29, 1.82) is 0 Å². The second-order valence-electron chi connectivity index (χ2n) is 6.46. The average molecular weight is 312 g/mol. The zero-order chi connectivity index (χ0) is 16.3. The summed E-state index contributed by atoms with van der Waals surface area (Å²) in [5, 5.41) is 11.2. The lowest BCUT2D eigenvalue weighted by Crippen LogP contribution is -2.50. The molecule has 0 aromatic heterocycles. The third-order valence-electron chi connectivity index (χ3n) is 4.96. The van der Waals surface area contributed by atoms with Crippen molar-refractivity contribution in [3.63, 3.8) is 0 Å². The zero-order valence-corrected chi connectivity index (χ0v) is 12.8. The van der Waals surface area contributed by atoms with Crippen LogP contribution in [-0.2, 0) is 19.1 Å². The van der Waals surface area contributed by atoms with E-state index in [-0.39, 0.29) is 0 Å². The molecule has 2 fully saturated rings. The fraction of sp³-hybridized carbons (Fsp3) is 0.800. The van der Waals surface area contributed by atoms with Gasteiger partial charge in [-0.05, 0) is 43.4 Å². The van der Waals surface area contributed by atoms with Crippen LogP contribution >= 0.6 is 0 Å². The molecule has 0 heterocycles. The number of carbonyl (C=O) groups excluding carboxylic acids is 2. The van der Waals surface area contributed by atoms with Crippen molar-refractivity contribution in [2.24, 2.45) is 23.5 Å². The molecule has 22 heavy (non-hydrogen) atoms. The molecule has 5 atom stereocenters. The van der Waals surface area contributed by atoms with E-state index < -0.39 is 36.4 Å². The quantitative estimate of drug-likeness (QED) is 0.581. The van der Waals surface area contributed by atoms with Crippen molar-refractivity contribution < 1.29 is 24.2 Å². The maximum Gasteiger partial charge on any atom is 0.328 e. The molecule has 124 valence electrons. The van der Waals surface area contributed by atoms with Crippen LogP contribution in [0.15, 0.2) is 0 Å². The summed E-state index contributed by atoms with van der Waals surface area (Å²) in [5.41, 5.74) is 5.53. The van der Waals surface area contributed by atoms with Gasteiger partial charge >= 0.3 is 11.9 Å². The second-order valence-corrected chi connectivity index (χ2v) is 6.46. The number of amides is 1. The molecular weight excluding hydrogens is 288 g/mol. The Labute approximate surface area is 129 Å². The molecule has 2 saturated carbocycles. The average Bonchev–Trinajstić information content (AvgIpc) is 3.07. The van der Waals surface area contributed by atoms with Crippen LogP contribution in [-0.4, -0.2) is 42.1 Å². The van der Waals surface area contributed by atoms with E-state index >= 15 is 0 Å². The van der Waals surface area contributed by atoms with E-state index in [4.69, 9.17) is 15.6 Å². The molecule has 7 heteroatoms. The van der Waals surface area contributed by atoms with Crippen molar-refractivity contribution >= 4 is 17.8 Å². The molecule has 0 saturated heterocycles. The number of nitrogens with one attached hydrogen (secondary N) is 1. The molecule has 2 bridgehead atoms. The minimum atomic E-state index is -1.16. The number of ether oxygens (including phenoxy) is 1. The number of carbonyl (C=O) groups is 3. The third kappa shape index (κ3) is 3.97.